The van der Waals surface area contributed by atoms with E-state index in [1.807, 2.05) is 0 Å². The molecule has 0 saturated carbocycles. The quantitative estimate of drug-likeness (QED) is 0.627. The van der Waals surface area contributed by atoms with Gasteiger partial charge in [0.25, 0.3) is 0 Å². The Balaban J connectivity index is 1.93. The predicted octanol–water partition coefficient (Wildman–Crippen LogP) is 3.62. The first kappa shape index (κ1) is 15.7. The summed E-state index contributed by atoms with van der Waals surface area (Å²) in [4.78, 5) is 0. The van der Waals surface area contributed by atoms with Gasteiger partial charge in [0.05, 0.1) is 0 Å². The zero-order chi connectivity index (χ0) is 15.2. The van der Waals surface area contributed by atoms with Crippen LogP contribution in [0.15, 0.2) is 42.5 Å². The normalized spacial score (nSPS) is 12.4. The van der Waals surface area contributed by atoms with Crippen LogP contribution in [0.25, 0.3) is 0 Å². The van der Waals surface area contributed by atoms with Gasteiger partial charge in [-0.1, -0.05) is 48.0 Å². The summed E-state index contributed by atoms with van der Waals surface area (Å²) in [5.74, 6) is 5.73. The van der Waals surface area contributed by atoms with Gasteiger partial charge in [-0.05, 0) is 62.3 Å². The van der Waals surface area contributed by atoms with E-state index in [2.05, 4.69) is 68.7 Å². The van der Waals surface area contributed by atoms with Crippen molar-refractivity contribution in [3.8, 4) is 0 Å². The van der Waals surface area contributed by atoms with Crippen LogP contribution in [0.5, 0.6) is 0 Å². The monoisotopic (exact) mass is 282 g/mol. The zero-order valence-electron chi connectivity index (χ0n) is 13.3. The van der Waals surface area contributed by atoms with Crippen molar-refractivity contribution in [2.24, 2.45) is 5.84 Å². The fourth-order valence-corrected chi connectivity index (χ4v) is 2.55. The molecule has 0 fully saturated rings. The SMILES string of the molecule is Cc1ccc(CCC(Cc2ccc(C)c(C)c2)NN)cc1. The molecule has 0 heterocycles. The van der Waals surface area contributed by atoms with Crippen LogP contribution in [0.4, 0.5) is 0 Å². The maximum atomic E-state index is 5.73. The molecule has 2 aromatic carbocycles. The van der Waals surface area contributed by atoms with Crippen LogP contribution >= 0.6 is 0 Å². The highest BCUT2D eigenvalue weighted by Crippen LogP contribution is 2.14. The smallest absolute Gasteiger partial charge is 0.0254 e. The van der Waals surface area contributed by atoms with Gasteiger partial charge >= 0.3 is 0 Å². The average Bonchev–Trinajstić information content (AvgIpc) is 2.49. The van der Waals surface area contributed by atoms with Gasteiger partial charge < -0.3 is 0 Å². The van der Waals surface area contributed by atoms with Gasteiger partial charge in [0.1, 0.15) is 0 Å². The molecule has 1 atom stereocenters. The molecule has 2 rings (SSSR count). The molecule has 0 saturated heterocycles. The Morgan fingerprint density at radius 1 is 0.905 bits per heavy atom. The maximum absolute atomic E-state index is 5.73. The minimum Gasteiger partial charge on any atom is -0.271 e. The van der Waals surface area contributed by atoms with Crippen LogP contribution in [0.1, 0.15) is 34.2 Å². The Kier molecular flexibility index (Phi) is 5.54. The summed E-state index contributed by atoms with van der Waals surface area (Å²) < 4.78 is 0. The molecule has 21 heavy (non-hydrogen) atoms. The highest BCUT2D eigenvalue weighted by molar-refractivity contribution is 5.30. The summed E-state index contributed by atoms with van der Waals surface area (Å²) >= 11 is 0. The third-order valence-corrected chi connectivity index (χ3v) is 4.19. The third kappa shape index (κ3) is 4.69. The van der Waals surface area contributed by atoms with E-state index in [0.717, 1.165) is 19.3 Å². The lowest BCUT2D eigenvalue weighted by Crippen LogP contribution is -2.37. The molecule has 0 aromatic heterocycles. The van der Waals surface area contributed by atoms with Crippen molar-refractivity contribution in [2.75, 3.05) is 0 Å². The molecule has 0 spiro atoms. The molecule has 1 unspecified atom stereocenters. The lowest BCUT2D eigenvalue weighted by Gasteiger charge is -2.16. The molecular formula is C19H26N2. The number of hydrogen-bond donors (Lipinski definition) is 2. The Morgan fingerprint density at radius 3 is 2.19 bits per heavy atom. The number of nitrogens with two attached hydrogens (primary N) is 1. The van der Waals surface area contributed by atoms with E-state index < -0.39 is 0 Å². The Hall–Kier alpha value is -1.64. The molecule has 0 aliphatic heterocycles. The Bertz CT molecular complexity index is 573. The number of hydrazine groups is 1. The van der Waals surface area contributed by atoms with E-state index >= 15 is 0 Å². The minimum absolute atomic E-state index is 0.313. The average molecular weight is 282 g/mol. The van der Waals surface area contributed by atoms with Crippen molar-refractivity contribution in [3.05, 3.63) is 70.3 Å². The van der Waals surface area contributed by atoms with Gasteiger partial charge in [-0.25, -0.2) is 0 Å². The summed E-state index contributed by atoms with van der Waals surface area (Å²) in [6, 6.07) is 15.7. The lowest BCUT2D eigenvalue weighted by molar-refractivity contribution is 0.491. The second-order valence-corrected chi connectivity index (χ2v) is 6.01. The lowest BCUT2D eigenvalue weighted by atomic mass is 9.97. The van der Waals surface area contributed by atoms with Crippen LogP contribution in [0, 0.1) is 20.8 Å². The molecule has 0 aliphatic rings. The second-order valence-electron chi connectivity index (χ2n) is 6.01. The zero-order valence-corrected chi connectivity index (χ0v) is 13.3. The summed E-state index contributed by atoms with van der Waals surface area (Å²) in [6.45, 7) is 6.43. The molecule has 0 aliphatic carbocycles. The summed E-state index contributed by atoms with van der Waals surface area (Å²) in [7, 11) is 0. The van der Waals surface area contributed by atoms with E-state index in [9.17, 15) is 0 Å². The molecule has 0 radical (unpaired) electrons. The van der Waals surface area contributed by atoms with Gasteiger partial charge in [0, 0.05) is 6.04 Å². The molecule has 2 heteroatoms. The first-order valence-electron chi connectivity index (χ1n) is 7.66. The second kappa shape index (κ2) is 7.39. The molecule has 0 bridgehead atoms. The van der Waals surface area contributed by atoms with Crippen LogP contribution in [0.2, 0.25) is 0 Å². The molecule has 2 nitrogen and oxygen atoms in total. The van der Waals surface area contributed by atoms with Gasteiger partial charge in [-0.3, -0.25) is 11.3 Å². The predicted molar refractivity (Wildman–Crippen MR) is 90.2 cm³/mol. The molecule has 3 N–H and O–H groups in total. The maximum Gasteiger partial charge on any atom is 0.0254 e. The molecule has 112 valence electrons. The molecular weight excluding hydrogens is 256 g/mol. The summed E-state index contributed by atoms with van der Waals surface area (Å²) in [6.07, 6.45) is 3.08. The van der Waals surface area contributed by atoms with E-state index in [1.54, 1.807) is 0 Å². The first-order chi connectivity index (χ1) is 10.1. The Morgan fingerprint density at radius 2 is 1.57 bits per heavy atom. The topological polar surface area (TPSA) is 38.0 Å². The van der Waals surface area contributed by atoms with E-state index in [4.69, 9.17) is 5.84 Å². The van der Waals surface area contributed by atoms with Crippen molar-refractivity contribution >= 4 is 0 Å². The van der Waals surface area contributed by atoms with Gasteiger partial charge in [-0.15, -0.1) is 0 Å². The molecule has 2 aromatic rings. The number of aryl methyl sites for hydroxylation is 4. The van der Waals surface area contributed by atoms with E-state index in [0.29, 0.717) is 6.04 Å². The summed E-state index contributed by atoms with van der Waals surface area (Å²) in [5, 5.41) is 0. The van der Waals surface area contributed by atoms with Crippen LogP contribution in [0.3, 0.4) is 0 Å². The third-order valence-electron chi connectivity index (χ3n) is 4.19. The van der Waals surface area contributed by atoms with Crippen molar-refractivity contribution in [3.63, 3.8) is 0 Å². The highest BCUT2D eigenvalue weighted by Gasteiger charge is 2.09. The van der Waals surface area contributed by atoms with Crippen LogP contribution in [-0.4, -0.2) is 6.04 Å². The first-order valence-corrected chi connectivity index (χ1v) is 7.66. The van der Waals surface area contributed by atoms with Crippen LogP contribution < -0.4 is 11.3 Å². The number of nitrogens with one attached hydrogen (secondary N) is 1. The fraction of sp³-hybridized carbons (Fsp3) is 0.368. The van der Waals surface area contributed by atoms with Crippen LogP contribution in [-0.2, 0) is 12.8 Å². The van der Waals surface area contributed by atoms with Gasteiger partial charge in [0.2, 0.25) is 0 Å². The number of rotatable bonds is 6. The molecule has 0 amide bonds. The number of benzene rings is 2. The van der Waals surface area contributed by atoms with Gasteiger partial charge in [-0.2, -0.15) is 0 Å². The van der Waals surface area contributed by atoms with Gasteiger partial charge in [0.15, 0.2) is 0 Å². The Labute approximate surface area is 128 Å². The van der Waals surface area contributed by atoms with Crippen molar-refractivity contribution in [1.29, 1.82) is 0 Å². The minimum atomic E-state index is 0.313. The van der Waals surface area contributed by atoms with E-state index in [1.165, 1.54) is 27.8 Å². The fourth-order valence-electron chi connectivity index (χ4n) is 2.55. The number of hydrogen-bond acceptors (Lipinski definition) is 2. The van der Waals surface area contributed by atoms with Crippen molar-refractivity contribution < 1.29 is 0 Å². The van der Waals surface area contributed by atoms with Crippen molar-refractivity contribution in [2.45, 2.75) is 46.1 Å². The largest absolute Gasteiger partial charge is 0.271 e. The standard InChI is InChI=1S/C19H26N2/c1-14-4-7-17(8-5-14)10-11-19(21-20)13-18-9-6-15(2)16(3)12-18/h4-9,12,19,21H,10-11,13,20H2,1-3H3. The van der Waals surface area contributed by atoms with E-state index in [-0.39, 0.29) is 0 Å². The highest BCUT2D eigenvalue weighted by atomic mass is 15.2. The summed E-state index contributed by atoms with van der Waals surface area (Å²) in [5.41, 5.74) is 9.69. The van der Waals surface area contributed by atoms with Crippen molar-refractivity contribution in [1.82, 2.24) is 5.43 Å².